The highest BCUT2D eigenvalue weighted by Gasteiger charge is 2.24. The van der Waals surface area contributed by atoms with E-state index in [4.69, 9.17) is 5.73 Å². The van der Waals surface area contributed by atoms with E-state index in [1.54, 1.807) is 6.07 Å². The van der Waals surface area contributed by atoms with Gasteiger partial charge in [-0.2, -0.15) is 0 Å². The molecule has 0 radical (unpaired) electrons. The molecular weight excluding hydrogens is 231 g/mol. The van der Waals surface area contributed by atoms with Crippen LogP contribution < -0.4 is 11.1 Å². The van der Waals surface area contributed by atoms with E-state index in [0.29, 0.717) is 17.3 Å². The number of amides is 1. The predicted octanol–water partition coefficient (Wildman–Crippen LogP) is 3.17. The van der Waals surface area contributed by atoms with Gasteiger partial charge in [-0.05, 0) is 49.8 Å². The quantitative estimate of drug-likeness (QED) is 0.792. The van der Waals surface area contributed by atoms with Gasteiger partial charge < -0.3 is 11.1 Å². The third-order valence-electron chi connectivity index (χ3n) is 3.57. The second-order valence-corrected chi connectivity index (χ2v) is 5.22. The zero-order valence-corrected chi connectivity index (χ0v) is 10.6. The average molecular weight is 250 g/mol. The molecule has 0 atom stereocenters. The summed E-state index contributed by atoms with van der Waals surface area (Å²) in [4.78, 5) is 12.0. The van der Waals surface area contributed by atoms with Gasteiger partial charge in [0.05, 0.1) is 0 Å². The van der Waals surface area contributed by atoms with Crippen molar-refractivity contribution in [2.75, 3.05) is 11.1 Å². The van der Waals surface area contributed by atoms with E-state index in [0.717, 1.165) is 25.7 Å². The van der Waals surface area contributed by atoms with E-state index in [1.807, 2.05) is 0 Å². The Hall–Kier alpha value is -1.58. The number of hydrogen-bond donors (Lipinski definition) is 2. The molecule has 98 valence electrons. The molecule has 1 fully saturated rings. The molecule has 0 unspecified atom stereocenters. The van der Waals surface area contributed by atoms with E-state index in [1.165, 1.54) is 12.1 Å². The predicted molar refractivity (Wildman–Crippen MR) is 70.6 cm³/mol. The van der Waals surface area contributed by atoms with Crippen LogP contribution in [0.3, 0.4) is 0 Å². The Morgan fingerprint density at radius 3 is 2.56 bits per heavy atom. The zero-order chi connectivity index (χ0) is 13.1. The summed E-state index contributed by atoms with van der Waals surface area (Å²) in [7, 11) is 0. The van der Waals surface area contributed by atoms with E-state index < -0.39 is 5.82 Å². The van der Waals surface area contributed by atoms with Crippen LogP contribution in [-0.2, 0) is 4.79 Å². The first-order valence-electron chi connectivity index (χ1n) is 6.41. The standard InChI is InChI=1S/C14H19FN2O/c1-9-2-4-10(5-3-9)14(18)17-13-7-11(15)6-12(16)8-13/h6-10H,2-5,16H2,1H3,(H,17,18). The molecule has 0 aromatic heterocycles. The Morgan fingerprint density at radius 2 is 1.94 bits per heavy atom. The maximum Gasteiger partial charge on any atom is 0.227 e. The number of anilines is 2. The van der Waals surface area contributed by atoms with E-state index >= 15 is 0 Å². The van der Waals surface area contributed by atoms with Crippen molar-refractivity contribution in [2.24, 2.45) is 11.8 Å². The SMILES string of the molecule is CC1CCC(C(=O)Nc2cc(N)cc(F)c2)CC1. The van der Waals surface area contributed by atoms with Crippen molar-refractivity contribution in [3.8, 4) is 0 Å². The van der Waals surface area contributed by atoms with Gasteiger partial charge in [-0.3, -0.25) is 4.79 Å². The van der Waals surface area contributed by atoms with Gasteiger partial charge in [0.15, 0.2) is 0 Å². The Kier molecular flexibility index (Phi) is 3.84. The first kappa shape index (κ1) is 12.9. The number of nitrogens with two attached hydrogens (primary N) is 1. The average Bonchev–Trinajstić information content (AvgIpc) is 2.28. The van der Waals surface area contributed by atoms with E-state index in [2.05, 4.69) is 12.2 Å². The van der Waals surface area contributed by atoms with Crippen molar-refractivity contribution in [2.45, 2.75) is 32.6 Å². The lowest BCUT2D eigenvalue weighted by Crippen LogP contribution is -2.26. The highest BCUT2D eigenvalue weighted by molar-refractivity contribution is 5.93. The van der Waals surface area contributed by atoms with Crippen LogP contribution in [0.25, 0.3) is 0 Å². The molecule has 1 aromatic carbocycles. The number of rotatable bonds is 2. The summed E-state index contributed by atoms with van der Waals surface area (Å²) in [5.41, 5.74) is 6.30. The van der Waals surface area contributed by atoms with Gasteiger partial charge in [0.2, 0.25) is 5.91 Å². The number of halogens is 1. The van der Waals surface area contributed by atoms with Crippen LogP contribution >= 0.6 is 0 Å². The van der Waals surface area contributed by atoms with Crippen molar-refractivity contribution in [1.82, 2.24) is 0 Å². The van der Waals surface area contributed by atoms with Crippen LogP contribution in [0.1, 0.15) is 32.6 Å². The Morgan fingerprint density at radius 1 is 1.28 bits per heavy atom. The summed E-state index contributed by atoms with van der Waals surface area (Å²) in [6.45, 7) is 2.21. The Balaban J connectivity index is 1.98. The van der Waals surface area contributed by atoms with Gasteiger partial charge in [0, 0.05) is 17.3 Å². The number of carbonyl (C=O) groups excluding carboxylic acids is 1. The van der Waals surface area contributed by atoms with Crippen LogP contribution in [0.4, 0.5) is 15.8 Å². The van der Waals surface area contributed by atoms with E-state index in [-0.39, 0.29) is 11.8 Å². The number of carbonyl (C=O) groups is 1. The van der Waals surface area contributed by atoms with Crippen LogP contribution in [-0.4, -0.2) is 5.91 Å². The number of benzene rings is 1. The van der Waals surface area contributed by atoms with Gasteiger partial charge in [-0.1, -0.05) is 6.92 Å². The summed E-state index contributed by atoms with van der Waals surface area (Å²) in [6.07, 6.45) is 4.00. The Labute approximate surface area is 107 Å². The van der Waals surface area contributed by atoms with Crippen LogP contribution in [0.2, 0.25) is 0 Å². The monoisotopic (exact) mass is 250 g/mol. The molecule has 3 nitrogen and oxygen atoms in total. The maximum absolute atomic E-state index is 13.1. The molecular formula is C14H19FN2O. The van der Waals surface area contributed by atoms with Gasteiger partial charge in [0.1, 0.15) is 5.82 Å². The normalized spacial score (nSPS) is 23.7. The zero-order valence-electron chi connectivity index (χ0n) is 10.6. The molecule has 3 N–H and O–H groups in total. The first-order chi connectivity index (χ1) is 8.54. The topological polar surface area (TPSA) is 55.1 Å². The van der Waals surface area contributed by atoms with Gasteiger partial charge in [0.25, 0.3) is 0 Å². The molecule has 1 aliphatic rings. The summed E-state index contributed by atoms with van der Waals surface area (Å²) < 4.78 is 13.1. The van der Waals surface area contributed by atoms with E-state index in [9.17, 15) is 9.18 Å². The minimum absolute atomic E-state index is 0.0214. The molecule has 0 aliphatic heterocycles. The second kappa shape index (κ2) is 5.38. The second-order valence-electron chi connectivity index (χ2n) is 5.22. The number of hydrogen-bond acceptors (Lipinski definition) is 2. The summed E-state index contributed by atoms with van der Waals surface area (Å²) in [6, 6.07) is 4.10. The smallest absolute Gasteiger partial charge is 0.227 e. The summed E-state index contributed by atoms with van der Waals surface area (Å²) in [5.74, 6) is 0.305. The fourth-order valence-electron chi connectivity index (χ4n) is 2.45. The summed E-state index contributed by atoms with van der Waals surface area (Å²) in [5, 5.41) is 2.75. The molecule has 0 spiro atoms. The molecule has 2 rings (SSSR count). The van der Waals surface area contributed by atoms with Crippen LogP contribution in [0, 0.1) is 17.7 Å². The van der Waals surface area contributed by atoms with Gasteiger partial charge >= 0.3 is 0 Å². The Bertz CT molecular complexity index is 419. The molecule has 0 bridgehead atoms. The minimum atomic E-state index is -0.428. The van der Waals surface area contributed by atoms with Crippen molar-refractivity contribution in [3.05, 3.63) is 24.0 Å². The third kappa shape index (κ3) is 3.22. The summed E-state index contributed by atoms with van der Waals surface area (Å²) >= 11 is 0. The van der Waals surface area contributed by atoms with Crippen LogP contribution in [0.5, 0.6) is 0 Å². The molecule has 1 aliphatic carbocycles. The molecule has 4 heteroatoms. The van der Waals surface area contributed by atoms with Crippen molar-refractivity contribution in [3.63, 3.8) is 0 Å². The molecule has 18 heavy (non-hydrogen) atoms. The van der Waals surface area contributed by atoms with Crippen molar-refractivity contribution in [1.29, 1.82) is 0 Å². The van der Waals surface area contributed by atoms with Gasteiger partial charge in [-0.15, -0.1) is 0 Å². The fourth-order valence-corrected chi connectivity index (χ4v) is 2.45. The lowest BCUT2D eigenvalue weighted by Gasteiger charge is -2.25. The minimum Gasteiger partial charge on any atom is -0.399 e. The molecule has 0 saturated heterocycles. The first-order valence-corrected chi connectivity index (χ1v) is 6.41. The third-order valence-corrected chi connectivity index (χ3v) is 3.57. The molecule has 1 saturated carbocycles. The largest absolute Gasteiger partial charge is 0.399 e. The fraction of sp³-hybridized carbons (Fsp3) is 0.500. The van der Waals surface area contributed by atoms with Crippen molar-refractivity contribution >= 4 is 17.3 Å². The maximum atomic E-state index is 13.1. The lowest BCUT2D eigenvalue weighted by atomic mass is 9.82. The van der Waals surface area contributed by atoms with Crippen LogP contribution in [0.15, 0.2) is 18.2 Å². The van der Waals surface area contributed by atoms with Gasteiger partial charge in [-0.25, -0.2) is 4.39 Å². The lowest BCUT2D eigenvalue weighted by molar-refractivity contribution is -0.121. The van der Waals surface area contributed by atoms with Crippen molar-refractivity contribution < 1.29 is 9.18 Å². The molecule has 1 aromatic rings. The highest BCUT2D eigenvalue weighted by Crippen LogP contribution is 2.29. The number of nitrogens with one attached hydrogen (secondary N) is 1. The molecule has 1 amide bonds. The molecule has 0 heterocycles. The highest BCUT2D eigenvalue weighted by atomic mass is 19.1. The number of nitrogen functional groups attached to an aromatic ring is 1.